The fraction of sp³-hybridized carbons (Fsp3) is 0.471. The van der Waals surface area contributed by atoms with Crippen LogP contribution in [0.3, 0.4) is 0 Å². The number of anilines is 2. The van der Waals surface area contributed by atoms with Crippen LogP contribution in [0, 0.1) is 5.95 Å². The molecule has 2 aromatic heterocycles. The number of hydrogen-bond donors (Lipinski definition) is 3. The first-order valence-corrected chi connectivity index (χ1v) is 9.31. The SMILES string of the molecule is CCNC(=O)Nc1cn(CN2CCN(c3ccc(C(=O)NC)nc3F)CC2)nn1. The van der Waals surface area contributed by atoms with Crippen molar-refractivity contribution in [3.8, 4) is 0 Å². The predicted octanol–water partition coefficient (Wildman–Crippen LogP) is 0.0929. The number of pyridine rings is 1. The van der Waals surface area contributed by atoms with E-state index in [0.29, 0.717) is 50.9 Å². The Morgan fingerprint density at radius 2 is 1.97 bits per heavy atom. The summed E-state index contributed by atoms with van der Waals surface area (Å²) in [5.74, 6) is -0.704. The molecule has 2 aromatic rings. The molecule has 29 heavy (non-hydrogen) atoms. The van der Waals surface area contributed by atoms with Gasteiger partial charge in [0.25, 0.3) is 5.91 Å². The van der Waals surface area contributed by atoms with Crippen molar-refractivity contribution in [1.82, 2.24) is 35.5 Å². The molecule has 0 spiro atoms. The van der Waals surface area contributed by atoms with Gasteiger partial charge >= 0.3 is 6.03 Å². The Morgan fingerprint density at radius 1 is 1.21 bits per heavy atom. The van der Waals surface area contributed by atoms with E-state index in [0.717, 1.165) is 0 Å². The number of hydrogen-bond acceptors (Lipinski definition) is 7. The van der Waals surface area contributed by atoms with E-state index in [-0.39, 0.29) is 11.7 Å². The summed E-state index contributed by atoms with van der Waals surface area (Å²) >= 11 is 0. The maximum Gasteiger partial charge on any atom is 0.320 e. The van der Waals surface area contributed by atoms with Gasteiger partial charge in [0, 0.05) is 39.8 Å². The van der Waals surface area contributed by atoms with Crippen LogP contribution in [0.25, 0.3) is 0 Å². The molecule has 0 saturated carbocycles. The summed E-state index contributed by atoms with van der Waals surface area (Å²) < 4.78 is 16.0. The first-order chi connectivity index (χ1) is 14.0. The zero-order chi connectivity index (χ0) is 20.8. The smallest absolute Gasteiger partial charge is 0.320 e. The molecule has 0 unspecified atom stereocenters. The topological polar surface area (TPSA) is 120 Å². The largest absolute Gasteiger partial charge is 0.365 e. The van der Waals surface area contributed by atoms with Crippen LogP contribution in [-0.4, -0.2) is 76.6 Å². The van der Waals surface area contributed by atoms with E-state index in [2.05, 4.69) is 36.1 Å². The van der Waals surface area contributed by atoms with Crippen molar-refractivity contribution >= 4 is 23.4 Å². The minimum atomic E-state index is -0.656. The van der Waals surface area contributed by atoms with Gasteiger partial charge in [0.05, 0.1) is 18.6 Å². The Kier molecular flexibility index (Phi) is 6.54. The average Bonchev–Trinajstić information content (AvgIpc) is 3.14. The standard InChI is InChI=1S/C17H24FN9O2/c1-3-20-17(29)22-14-10-27(24-23-14)11-25-6-8-26(9-7-25)13-5-4-12(16(28)19-2)21-15(13)18/h4-5,10H,3,6-9,11H2,1-2H3,(H,19,28)(H2,20,22,29). The predicted molar refractivity (Wildman–Crippen MR) is 104 cm³/mol. The van der Waals surface area contributed by atoms with Crippen LogP contribution >= 0.6 is 0 Å². The van der Waals surface area contributed by atoms with Gasteiger partial charge in [-0.25, -0.2) is 14.5 Å². The van der Waals surface area contributed by atoms with Gasteiger partial charge in [-0.05, 0) is 19.1 Å². The number of carbonyl (C=O) groups is 2. The summed E-state index contributed by atoms with van der Waals surface area (Å²) in [4.78, 5) is 30.9. The maximum absolute atomic E-state index is 14.3. The van der Waals surface area contributed by atoms with Crippen molar-refractivity contribution in [2.75, 3.05) is 50.0 Å². The number of aromatic nitrogens is 4. The quantitative estimate of drug-likeness (QED) is 0.583. The van der Waals surface area contributed by atoms with Crippen molar-refractivity contribution in [1.29, 1.82) is 0 Å². The van der Waals surface area contributed by atoms with Crippen LogP contribution in [0.5, 0.6) is 0 Å². The molecule has 1 fully saturated rings. The second-order valence-electron chi connectivity index (χ2n) is 6.46. The lowest BCUT2D eigenvalue weighted by molar-refractivity contribution is 0.0957. The molecule has 3 heterocycles. The van der Waals surface area contributed by atoms with E-state index < -0.39 is 11.9 Å². The minimum absolute atomic E-state index is 0.0515. The summed E-state index contributed by atoms with van der Waals surface area (Å²) in [7, 11) is 1.48. The molecule has 0 radical (unpaired) electrons. The molecule has 156 valence electrons. The van der Waals surface area contributed by atoms with E-state index >= 15 is 0 Å². The highest BCUT2D eigenvalue weighted by Gasteiger charge is 2.21. The number of urea groups is 1. The number of carbonyl (C=O) groups excluding carboxylic acids is 2. The molecule has 0 aliphatic carbocycles. The Balaban J connectivity index is 1.53. The fourth-order valence-electron chi connectivity index (χ4n) is 3.00. The van der Waals surface area contributed by atoms with Gasteiger partial charge in [-0.1, -0.05) is 5.21 Å². The summed E-state index contributed by atoms with van der Waals surface area (Å²) in [5, 5.41) is 15.6. The number of piperazine rings is 1. The molecule has 1 saturated heterocycles. The summed E-state index contributed by atoms with van der Waals surface area (Å²) in [6.45, 7) is 5.45. The fourth-order valence-corrected chi connectivity index (χ4v) is 3.00. The highest BCUT2D eigenvalue weighted by atomic mass is 19.1. The van der Waals surface area contributed by atoms with Gasteiger partial charge in [-0.3, -0.25) is 15.0 Å². The lowest BCUT2D eigenvalue weighted by Gasteiger charge is -2.35. The third-order valence-corrected chi connectivity index (χ3v) is 4.46. The van der Waals surface area contributed by atoms with Crippen LogP contribution in [0.15, 0.2) is 18.3 Å². The molecule has 0 bridgehead atoms. The molecule has 0 atom stereocenters. The van der Waals surface area contributed by atoms with Crippen LogP contribution in [-0.2, 0) is 6.67 Å². The van der Waals surface area contributed by atoms with Crippen LogP contribution in [0.2, 0.25) is 0 Å². The number of amides is 3. The Hall–Kier alpha value is -3.28. The molecule has 3 amide bonds. The summed E-state index contributed by atoms with van der Waals surface area (Å²) in [6.07, 6.45) is 1.66. The lowest BCUT2D eigenvalue weighted by atomic mass is 10.2. The molecule has 12 heteroatoms. The van der Waals surface area contributed by atoms with Gasteiger partial charge in [-0.2, -0.15) is 4.39 Å². The van der Waals surface area contributed by atoms with Crippen LogP contribution in [0.1, 0.15) is 17.4 Å². The monoisotopic (exact) mass is 405 g/mol. The summed E-state index contributed by atoms with van der Waals surface area (Å²) in [5.41, 5.74) is 0.432. The number of nitrogens with one attached hydrogen (secondary N) is 3. The van der Waals surface area contributed by atoms with Crippen molar-refractivity contribution in [2.45, 2.75) is 13.6 Å². The minimum Gasteiger partial charge on any atom is -0.365 e. The first kappa shape index (κ1) is 20.5. The maximum atomic E-state index is 14.3. The molecule has 1 aliphatic rings. The summed E-state index contributed by atoms with van der Waals surface area (Å²) in [6, 6.07) is 2.77. The van der Waals surface area contributed by atoms with Crippen molar-refractivity contribution in [3.63, 3.8) is 0 Å². The van der Waals surface area contributed by atoms with Crippen molar-refractivity contribution in [3.05, 3.63) is 30.0 Å². The Labute approximate surface area is 167 Å². The Bertz CT molecular complexity index is 864. The van der Waals surface area contributed by atoms with Gasteiger partial charge < -0.3 is 15.5 Å². The third kappa shape index (κ3) is 5.16. The van der Waals surface area contributed by atoms with E-state index in [4.69, 9.17) is 0 Å². The van der Waals surface area contributed by atoms with Crippen molar-refractivity contribution < 1.29 is 14.0 Å². The third-order valence-electron chi connectivity index (χ3n) is 4.46. The number of rotatable bonds is 6. The lowest BCUT2D eigenvalue weighted by Crippen LogP contribution is -2.47. The van der Waals surface area contributed by atoms with Gasteiger partial charge in [0.2, 0.25) is 5.95 Å². The first-order valence-electron chi connectivity index (χ1n) is 9.31. The van der Waals surface area contributed by atoms with Crippen LogP contribution < -0.4 is 20.9 Å². The molecular weight excluding hydrogens is 381 g/mol. The normalized spacial score (nSPS) is 14.5. The van der Waals surface area contributed by atoms with Crippen LogP contribution in [0.4, 0.5) is 20.7 Å². The zero-order valence-corrected chi connectivity index (χ0v) is 16.4. The van der Waals surface area contributed by atoms with Gasteiger partial charge in [0.1, 0.15) is 5.69 Å². The molecule has 11 nitrogen and oxygen atoms in total. The van der Waals surface area contributed by atoms with Crippen molar-refractivity contribution in [2.24, 2.45) is 0 Å². The van der Waals surface area contributed by atoms with Gasteiger partial charge in [-0.15, -0.1) is 5.10 Å². The highest BCUT2D eigenvalue weighted by molar-refractivity contribution is 5.92. The van der Waals surface area contributed by atoms with E-state index in [1.807, 2.05) is 11.8 Å². The average molecular weight is 405 g/mol. The second-order valence-corrected chi connectivity index (χ2v) is 6.46. The second kappa shape index (κ2) is 9.28. The number of halogens is 1. The molecular formula is C17H24FN9O2. The Morgan fingerprint density at radius 3 is 2.62 bits per heavy atom. The molecule has 1 aliphatic heterocycles. The van der Waals surface area contributed by atoms with E-state index in [1.165, 1.54) is 13.1 Å². The van der Waals surface area contributed by atoms with Gasteiger partial charge in [0.15, 0.2) is 5.82 Å². The molecule has 3 rings (SSSR count). The van der Waals surface area contributed by atoms with E-state index in [1.54, 1.807) is 16.9 Å². The highest BCUT2D eigenvalue weighted by Crippen LogP contribution is 2.20. The molecule has 3 N–H and O–H groups in total. The van der Waals surface area contributed by atoms with E-state index in [9.17, 15) is 14.0 Å². The number of nitrogens with zero attached hydrogens (tertiary/aromatic N) is 6. The molecule has 0 aromatic carbocycles. The zero-order valence-electron chi connectivity index (χ0n) is 16.4.